The first-order valence-electron chi connectivity index (χ1n) is 6.80. The lowest BCUT2D eigenvalue weighted by atomic mass is 10.1. The molecular formula is C15H18N4O. The molecule has 1 aromatic carbocycles. The Hall–Kier alpha value is -2.14. The Kier molecular flexibility index (Phi) is 3.28. The zero-order valence-corrected chi connectivity index (χ0v) is 11.4. The number of nitrogens with two attached hydrogens (primary N) is 1. The molecule has 1 aliphatic rings. The monoisotopic (exact) mass is 270 g/mol. The van der Waals surface area contributed by atoms with Crippen molar-refractivity contribution in [3.8, 4) is 5.69 Å². The van der Waals surface area contributed by atoms with Crippen molar-refractivity contribution in [1.82, 2.24) is 14.7 Å². The van der Waals surface area contributed by atoms with E-state index >= 15 is 0 Å². The summed E-state index contributed by atoms with van der Waals surface area (Å²) in [5.41, 5.74) is 7.52. The summed E-state index contributed by atoms with van der Waals surface area (Å²) in [5.74, 6) is 0.357. The number of hydrogen-bond acceptors (Lipinski definition) is 3. The highest BCUT2D eigenvalue weighted by Gasteiger charge is 2.30. The topological polar surface area (TPSA) is 64.2 Å². The van der Waals surface area contributed by atoms with Crippen LogP contribution in [-0.4, -0.2) is 39.7 Å². The van der Waals surface area contributed by atoms with Crippen LogP contribution in [0.4, 0.5) is 0 Å². The highest BCUT2D eigenvalue weighted by atomic mass is 16.2. The minimum atomic E-state index is 0.00646. The van der Waals surface area contributed by atoms with Gasteiger partial charge in [0.25, 0.3) is 5.91 Å². The number of rotatable bonds is 2. The Morgan fingerprint density at radius 3 is 2.70 bits per heavy atom. The first-order chi connectivity index (χ1) is 9.65. The van der Waals surface area contributed by atoms with Crippen LogP contribution in [0.3, 0.4) is 0 Å². The number of hydrogen-bond donors (Lipinski definition) is 1. The molecule has 1 aliphatic heterocycles. The van der Waals surface area contributed by atoms with Crippen molar-refractivity contribution in [3.05, 3.63) is 48.3 Å². The smallest absolute Gasteiger partial charge is 0.257 e. The van der Waals surface area contributed by atoms with E-state index in [0.717, 1.165) is 12.2 Å². The second-order valence-electron chi connectivity index (χ2n) is 5.36. The maximum absolute atomic E-state index is 12.4. The van der Waals surface area contributed by atoms with Gasteiger partial charge in [0.15, 0.2) is 0 Å². The molecule has 20 heavy (non-hydrogen) atoms. The molecule has 1 aromatic heterocycles. The van der Waals surface area contributed by atoms with Gasteiger partial charge in [-0.05, 0) is 18.1 Å². The van der Waals surface area contributed by atoms with Crippen molar-refractivity contribution in [2.75, 3.05) is 13.1 Å². The summed E-state index contributed by atoms with van der Waals surface area (Å²) in [5, 5.41) is 4.25. The van der Waals surface area contributed by atoms with Crippen molar-refractivity contribution in [1.29, 1.82) is 0 Å². The van der Waals surface area contributed by atoms with Crippen LogP contribution in [0.5, 0.6) is 0 Å². The van der Waals surface area contributed by atoms with Gasteiger partial charge in [0.2, 0.25) is 0 Å². The summed E-state index contributed by atoms with van der Waals surface area (Å²) in [4.78, 5) is 14.2. The quantitative estimate of drug-likeness (QED) is 0.894. The van der Waals surface area contributed by atoms with Crippen LogP contribution in [0, 0.1) is 5.92 Å². The molecule has 2 unspecified atom stereocenters. The van der Waals surface area contributed by atoms with E-state index < -0.39 is 0 Å². The Labute approximate surface area is 118 Å². The van der Waals surface area contributed by atoms with Crippen molar-refractivity contribution >= 4 is 5.91 Å². The SMILES string of the molecule is CC1CN(C(=O)c2cnn(-c3ccccc3)c2)CC1N. The van der Waals surface area contributed by atoms with Gasteiger partial charge in [-0.15, -0.1) is 0 Å². The summed E-state index contributed by atoms with van der Waals surface area (Å²) in [7, 11) is 0. The molecule has 0 saturated carbocycles. The van der Waals surface area contributed by atoms with Crippen LogP contribution < -0.4 is 5.73 Å². The van der Waals surface area contributed by atoms with Gasteiger partial charge in [-0.2, -0.15) is 5.10 Å². The molecule has 5 nitrogen and oxygen atoms in total. The standard InChI is InChI=1S/C15H18N4O/c1-11-8-18(10-14(11)16)15(20)12-7-17-19(9-12)13-5-3-2-4-6-13/h2-7,9,11,14H,8,10,16H2,1H3. The fraction of sp³-hybridized carbons (Fsp3) is 0.333. The fourth-order valence-corrected chi connectivity index (χ4v) is 2.50. The molecule has 0 aliphatic carbocycles. The maximum Gasteiger partial charge on any atom is 0.257 e. The summed E-state index contributed by atoms with van der Waals surface area (Å²) in [6.07, 6.45) is 3.38. The van der Waals surface area contributed by atoms with Crippen LogP contribution >= 0.6 is 0 Å². The van der Waals surface area contributed by atoms with E-state index in [-0.39, 0.29) is 11.9 Å². The Morgan fingerprint density at radius 1 is 1.30 bits per heavy atom. The third-order valence-corrected chi connectivity index (χ3v) is 3.81. The fourth-order valence-electron chi connectivity index (χ4n) is 2.50. The van der Waals surface area contributed by atoms with Gasteiger partial charge in [-0.3, -0.25) is 4.79 Å². The average molecular weight is 270 g/mol. The van der Waals surface area contributed by atoms with E-state index in [1.165, 1.54) is 0 Å². The molecule has 2 heterocycles. The van der Waals surface area contributed by atoms with E-state index in [0.29, 0.717) is 18.0 Å². The van der Waals surface area contributed by atoms with Gasteiger partial charge in [0.05, 0.1) is 17.4 Å². The van der Waals surface area contributed by atoms with E-state index in [4.69, 9.17) is 5.73 Å². The van der Waals surface area contributed by atoms with Gasteiger partial charge < -0.3 is 10.6 Å². The van der Waals surface area contributed by atoms with E-state index in [1.807, 2.05) is 35.2 Å². The third-order valence-electron chi connectivity index (χ3n) is 3.81. The zero-order chi connectivity index (χ0) is 14.1. The molecule has 2 N–H and O–H groups in total. The molecule has 0 spiro atoms. The second-order valence-corrected chi connectivity index (χ2v) is 5.36. The lowest BCUT2D eigenvalue weighted by molar-refractivity contribution is 0.0787. The maximum atomic E-state index is 12.4. The van der Waals surface area contributed by atoms with Crippen LogP contribution in [-0.2, 0) is 0 Å². The number of carbonyl (C=O) groups is 1. The molecule has 1 amide bonds. The second kappa shape index (κ2) is 5.09. The van der Waals surface area contributed by atoms with Crippen LogP contribution in [0.25, 0.3) is 5.69 Å². The molecule has 0 radical (unpaired) electrons. The molecule has 3 rings (SSSR count). The van der Waals surface area contributed by atoms with Gasteiger partial charge in [0.1, 0.15) is 0 Å². The van der Waals surface area contributed by atoms with E-state index in [1.54, 1.807) is 17.1 Å². The highest BCUT2D eigenvalue weighted by molar-refractivity contribution is 5.94. The molecule has 1 fully saturated rings. The Morgan fingerprint density at radius 2 is 2.05 bits per heavy atom. The zero-order valence-electron chi connectivity index (χ0n) is 11.4. The van der Waals surface area contributed by atoms with Gasteiger partial charge in [-0.25, -0.2) is 4.68 Å². The predicted molar refractivity (Wildman–Crippen MR) is 76.6 cm³/mol. The average Bonchev–Trinajstić information content (AvgIpc) is 3.07. The Bertz CT molecular complexity index is 597. The van der Waals surface area contributed by atoms with Crippen molar-refractivity contribution in [2.24, 2.45) is 11.7 Å². The van der Waals surface area contributed by atoms with Gasteiger partial charge in [0, 0.05) is 25.3 Å². The predicted octanol–water partition coefficient (Wildman–Crippen LogP) is 1.29. The van der Waals surface area contributed by atoms with Crippen molar-refractivity contribution in [3.63, 3.8) is 0 Å². The molecule has 1 saturated heterocycles. The number of amides is 1. The number of carbonyl (C=O) groups excluding carboxylic acids is 1. The molecular weight excluding hydrogens is 252 g/mol. The molecule has 104 valence electrons. The number of likely N-dealkylation sites (tertiary alicyclic amines) is 1. The third kappa shape index (κ3) is 2.32. The lowest BCUT2D eigenvalue weighted by Crippen LogP contribution is -2.32. The minimum absolute atomic E-state index is 0.00646. The largest absolute Gasteiger partial charge is 0.337 e. The van der Waals surface area contributed by atoms with Gasteiger partial charge in [-0.1, -0.05) is 25.1 Å². The Balaban J connectivity index is 1.79. The summed E-state index contributed by atoms with van der Waals surface area (Å²) >= 11 is 0. The van der Waals surface area contributed by atoms with E-state index in [2.05, 4.69) is 12.0 Å². The number of aromatic nitrogens is 2. The summed E-state index contributed by atoms with van der Waals surface area (Å²) in [6.45, 7) is 3.42. The summed E-state index contributed by atoms with van der Waals surface area (Å²) < 4.78 is 1.71. The van der Waals surface area contributed by atoms with Crippen molar-refractivity contribution in [2.45, 2.75) is 13.0 Å². The molecule has 2 atom stereocenters. The highest BCUT2D eigenvalue weighted by Crippen LogP contribution is 2.17. The molecule has 2 aromatic rings. The number of para-hydroxylation sites is 1. The van der Waals surface area contributed by atoms with E-state index in [9.17, 15) is 4.79 Å². The van der Waals surface area contributed by atoms with Crippen LogP contribution in [0.2, 0.25) is 0 Å². The molecule has 0 bridgehead atoms. The first-order valence-corrected chi connectivity index (χ1v) is 6.80. The summed E-state index contributed by atoms with van der Waals surface area (Å²) in [6, 6.07) is 9.82. The minimum Gasteiger partial charge on any atom is -0.337 e. The van der Waals surface area contributed by atoms with Crippen molar-refractivity contribution < 1.29 is 4.79 Å². The van der Waals surface area contributed by atoms with Crippen LogP contribution in [0.15, 0.2) is 42.7 Å². The lowest BCUT2D eigenvalue weighted by Gasteiger charge is -2.14. The number of benzene rings is 1. The normalized spacial score (nSPS) is 22.2. The van der Waals surface area contributed by atoms with Gasteiger partial charge >= 0.3 is 0 Å². The molecule has 5 heteroatoms. The number of nitrogens with zero attached hydrogens (tertiary/aromatic N) is 3. The van der Waals surface area contributed by atoms with Crippen LogP contribution in [0.1, 0.15) is 17.3 Å². The first kappa shape index (κ1) is 12.9.